The molecule has 0 spiro atoms. The summed E-state index contributed by atoms with van der Waals surface area (Å²) in [5, 5.41) is 49.0. The highest BCUT2D eigenvalue weighted by molar-refractivity contribution is 5.82. The van der Waals surface area contributed by atoms with Crippen LogP contribution in [0.3, 0.4) is 0 Å². The summed E-state index contributed by atoms with van der Waals surface area (Å²) in [7, 11) is 0. The highest BCUT2D eigenvalue weighted by Gasteiger charge is 2.28. The van der Waals surface area contributed by atoms with Gasteiger partial charge in [0.25, 0.3) is 0 Å². The largest absolute Gasteiger partial charge is 0.481 e. The van der Waals surface area contributed by atoms with E-state index in [1.807, 2.05) is 19.1 Å². The molecule has 5 N–H and O–H groups in total. The van der Waals surface area contributed by atoms with E-state index in [1.165, 1.54) is 6.08 Å². The van der Waals surface area contributed by atoms with Gasteiger partial charge in [0.05, 0.1) is 24.9 Å². The summed E-state index contributed by atoms with van der Waals surface area (Å²) in [5.74, 6) is -1.58. The number of allylic oxidation sites excluding steroid dienone is 1. The average Bonchev–Trinajstić information content (AvgIpc) is 2.76. The topological polar surface area (TPSA) is 145 Å². The maximum atomic E-state index is 11.9. The van der Waals surface area contributed by atoms with Gasteiger partial charge < -0.3 is 30.3 Å². The molecule has 0 heterocycles. The van der Waals surface area contributed by atoms with Crippen LogP contribution in [0, 0.1) is 11.8 Å². The van der Waals surface area contributed by atoms with E-state index >= 15 is 0 Å². The molecule has 0 amide bonds. The quantitative estimate of drug-likeness (QED) is 0.0809. The fourth-order valence-corrected chi connectivity index (χ4v) is 3.38. The predicted octanol–water partition coefficient (Wildman–Crippen LogP) is 3.36. The van der Waals surface area contributed by atoms with Crippen LogP contribution < -0.4 is 0 Å². The molecule has 8 nitrogen and oxygen atoms in total. The third-order valence-electron chi connectivity index (χ3n) is 5.96. The number of rotatable bonds is 19. The number of esters is 1. The molecule has 0 aliphatic carbocycles. The zero-order valence-corrected chi connectivity index (χ0v) is 21.2. The lowest BCUT2D eigenvalue weighted by molar-refractivity contribution is -0.138. The normalized spacial score (nSPS) is 17.7. The SMILES string of the molecule is C/C(=C\C(=O)OCCCCCCCCC(=O)O)C[C@H](O)[C@H](O)[C@H](O)[C@H](C)C/C=C/[C@@H](C)[C@H](C)O. The third kappa shape index (κ3) is 16.0. The van der Waals surface area contributed by atoms with Crippen LogP contribution in [0.15, 0.2) is 23.8 Å². The Bertz CT molecular complexity index is 628. The van der Waals surface area contributed by atoms with Crippen molar-refractivity contribution in [2.45, 2.75) is 110 Å². The van der Waals surface area contributed by atoms with Crippen molar-refractivity contribution in [3.05, 3.63) is 23.8 Å². The fourth-order valence-electron chi connectivity index (χ4n) is 3.38. The van der Waals surface area contributed by atoms with E-state index in [0.717, 1.165) is 32.1 Å². The van der Waals surface area contributed by atoms with Crippen molar-refractivity contribution in [2.75, 3.05) is 6.61 Å². The number of carboxylic acid groups (broad SMARTS) is 1. The van der Waals surface area contributed by atoms with E-state index < -0.39 is 36.4 Å². The van der Waals surface area contributed by atoms with Crippen molar-refractivity contribution >= 4 is 11.9 Å². The Labute approximate surface area is 204 Å². The monoisotopic (exact) mass is 486 g/mol. The summed E-state index contributed by atoms with van der Waals surface area (Å²) < 4.78 is 5.17. The van der Waals surface area contributed by atoms with E-state index in [4.69, 9.17) is 9.84 Å². The van der Waals surface area contributed by atoms with Gasteiger partial charge in [0.2, 0.25) is 0 Å². The van der Waals surface area contributed by atoms with E-state index in [1.54, 1.807) is 20.8 Å². The van der Waals surface area contributed by atoms with Gasteiger partial charge in [-0.15, -0.1) is 0 Å². The smallest absolute Gasteiger partial charge is 0.330 e. The number of carboxylic acids is 1. The number of ether oxygens (including phenoxy) is 1. The Balaban J connectivity index is 4.22. The minimum Gasteiger partial charge on any atom is -0.481 e. The van der Waals surface area contributed by atoms with Gasteiger partial charge >= 0.3 is 11.9 Å². The zero-order chi connectivity index (χ0) is 26.1. The van der Waals surface area contributed by atoms with E-state index in [-0.39, 0.29) is 24.7 Å². The second kappa shape index (κ2) is 18.6. The molecule has 6 atom stereocenters. The van der Waals surface area contributed by atoms with Gasteiger partial charge in [0.1, 0.15) is 6.10 Å². The molecule has 0 aromatic rings. The molecular weight excluding hydrogens is 440 g/mol. The van der Waals surface area contributed by atoms with Gasteiger partial charge in [-0.25, -0.2) is 4.79 Å². The van der Waals surface area contributed by atoms with E-state index in [2.05, 4.69) is 0 Å². The van der Waals surface area contributed by atoms with Gasteiger partial charge in [0.15, 0.2) is 0 Å². The predicted molar refractivity (Wildman–Crippen MR) is 131 cm³/mol. The Morgan fingerprint density at radius 1 is 0.882 bits per heavy atom. The molecule has 0 fully saturated rings. The molecule has 0 aliphatic heterocycles. The highest BCUT2D eigenvalue weighted by Crippen LogP contribution is 2.19. The molecule has 0 saturated carbocycles. The van der Waals surface area contributed by atoms with Crippen molar-refractivity contribution < 1.29 is 39.9 Å². The number of carbonyl (C=O) groups is 2. The summed E-state index contributed by atoms with van der Waals surface area (Å²) in [6.45, 7) is 7.31. The van der Waals surface area contributed by atoms with Gasteiger partial charge in [-0.2, -0.15) is 0 Å². The minimum absolute atomic E-state index is 0.0113. The third-order valence-corrected chi connectivity index (χ3v) is 5.96. The van der Waals surface area contributed by atoms with Gasteiger partial charge in [-0.05, 0) is 51.4 Å². The summed E-state index contributed by atoms with van der Waals surface area (Å²) >= 11 is 0. The number of unbranched alkanes of at least 4 members (excludes halogenated alkanes) is 5. The number of carbonyl (C=O) groups excluding carboxylic acids is 1. The van der Waals surface area contributed by atoms with Crippen LogP contribution in [0.5, 0.6) is 0 Å². The molecule has 0 radical (unpaired) electrons. The molecule has 0 aromatic heterocycles. The first kappa shape index (κ1) is 32.3. The van der Waals surface area contributed by atoms with Crippen molar-refractivity contribution in [3.63, 3.8) is 0 Å². The summed E-state index contributed by atoms with van der Waals surface area (Å²) in [4.78, 5) is 22.4. The maximum Gasteiger partial charge on any atom is 0.330 e. The molecular formula is C26H46O8. The lowest BCUT2D eigenvalue weighted by Crippen LogP contribution is -2.41. The lowest BCUT2D eigenvalue weighted by Gasteiger charge is -2.27. The summed E-state index contributed by atoms with van der Waals surface area (Å²) in [6.07, 6.45) is 6.68. The number of hydrogen-bond donors (Lipinski definition) is 5. The average molecular weight is 487 g/mol. The second-order valence-electron chi connectivity index (χ2n) is 9.42. The molecule has 8 heteroatoms. The molecule has 0 saturated heterocycles. The van der Waals surface area contributed by atoms with Crippen LogP contribution in [0.2, 0.25) is 0 Å². The van der Waals surface area contributed by atoms with Crippen molar-refractivity contribution in [3.8, 4) is 0 Å². The molecule has 0 aromatic carbocycles. The van der Waals surface area contributed by atoms with Crippen LogP contribution in [-0.4, -0.2) is 68.5 Å². The Kier molecular flexibility index (Phi) is 17.6. The summed E-state index contributed by atoms with van der Waals surface area (Å²) in [5.41, 5.74) is 0.542. The van der Waals surface area contributed by atoms with Crippen molar-refractivity contribution in [2.24, 2.45) is 11.8 Å². The fraction of sp³-hybridized carbons (Fsp3) is 0.769. The van der Waals surface area contributed by atoms with Gasteiger partial charge in [-0.3, -0.25) is 4.79 Å². The van der Waals surface area contributed by atoms with Crippen LogP contribution in [0.4, 0.5) is 0 Å². The number of hydrogen-bond acceptors (Lipinski definition) is 7. The zero-order valence-electron chi connectivity index (χ0n) is 21.2. The van der Waals surface area contributed by atoms with Gasteiger partial charge in [-0.1, -0.05) is 57.3 Å². The Morgan fingerprint density at radius 2 is 1.47 bits per heavy atom. The molecule has 34 heavy (non-hydrogen) atoms. The lowest BCUT2D eigenvalue weighted by atomic mass is 9.91. The first-order valence-corrected chi connectivity index (χ1v) is 12.4. The number of aliphatic hydroxyl groups is 4. The number of aliphatic carboxylic acids is 1. The standard InChI is InChI=1S/C26H46O8/c1-18(17-24(31)34-15-10-8-6-5-7-9-14-23(29)30)16-22(28)26(33)25(32)20(3)13-11-12-19(2)21(4)27/h11-12,17,19-22,25-28,32-33H,5-10,13-16H2,1-4H3,(H,29,30)/b12-11+,18-17+/t19-,20-,21+,22+,25-,26+/m1/s1. The molecule has 198 valence electrons. The molecule has 0 rings (SSSR count). The second-order valence-corrected chi connectivity index (χ2v) is 9.42. The van der Waals surface area contributed by atoms with E-state index in [9.17, 15) is 30.0 Å². The van der Waals surface area contributed by atoms with Gasteiger partial charge in [0, 0.05) is 12.5 Å². The maximum absolute atomic E-state index is 11.9. The Hall–Kier alpha value is -1.74. The summed E-state index contributed by atoms with van der Waals surface area (Å²) in [6, 6.07) is 0. The van der Waals surface area contributed by atoms with Crippen molar-refractivity contribution in [1.82, 2.24) is 0 Å². The first-order chi connectivity index (χ1) is 16.0. The Morgan fingerprint density at radius 3 is 2.06 bits per heavy atom. The van der Waals surface area contributed by atoms with Crippen LogP contribution in [0.25, 0.3) is 0 Å². The molecule has 0 bridgehead atoms. The van der Waals surface area contributed by atoms with E-state index in [0.29, 0.717) is 25.0 Å². The van der Waals surface area contributed by atoms with Crippen LogP contribution in [0.1, 0.15) is 85.5 Å². The minimum atomic E-state index is -1.35. The van der Waals surface area contributed by atoms with Crippen LogP contribution >= 0.6 is 0 Å². The molecule has 0 aliphatic rings. The highest BCUT2D eigenvalue weighted by atomic mass is 16.5. The first-order valence-electron chi connectivity index (χ1n) is 12.4. The van der Waals surface area contributed by atoms with Crippen LogP contribution in [-0.2, 0) is 14.3 Å². The number of aliphatic hydroxyl groups excluding tert-OH is 4. The molecule has 0 unspecified atom stereocenters. The van der Waals surface area contributed by atoms with Crippen molar-refractivity contribution in [1.29, 1.82) is 0 Å².